The second kappa shape index (κ2) is 6.59. The highest BCUT2D eigenvalue weighted by molar-refractivity contribution is 7.15. The Kier molecular flexibility index (Phi) is 4.37. The SMILES string of the molecule is O=C(Nc1nnc(C2CC2)s1)[C@@H]1CC(=O)N(c2cccc(C(F)(F)F)c2)C1. The summed E-state index contributed by atoms with van der Waals surface area (Å²) in [5, 5.41) is 11.9. The van der Waals surface area contributed by atoms with Gasteiger partial charge in [-0.05, 0) is 31.0 Å². The molecule has 0 radical (unpaired) electrons. The summed E-state index contributed by atoms with van der Waals surface area (Å²) >= 11 is 1.32. The van der Waals surface area contributed by atoms with Gasteiger partial charge in [0.1, 0.15) is 5.01 Å². The van der Waals surface area contributed by atoms with Crippen molar-refractivity contribution < 1.29 is 22.8 Å². The number of halogens is 3. The van der Waals surface area contributed by atoms with Gasteiger partial charge in [0.15, 0.2) is 0 Å². The van der Waals surface area contributed by atoms with Gasteiger partial charge in [-0.3, -0.25) is 9.59 Å². The Morgan fingerprint density at radius 2 is 2.04 bits per heavy atom. The van der Waals surface area contributed by atoms with Crippen LogP contribution in [0.25, 0.3) is 0 Å². The lowest BCUT2D eigenvalue weighted by molar-refractivity contribution is -0.137. The summed E-state index contributed by atoms with van der Waals surface area (Å²) in [5.41, 5.74) is -0.695. The molecule has 1 saturated heterocycles. The van der Waals surface area contributed by atoms with Crippen molar-refractivity contribution in [1.29, 1.82) is 0 Å². The average Bonchev–Trinajstić information content (AvgIpc) is 3.24. The molecule has 0 bridgehead atoms. The fraction of sp³-hybridized carbons (Fsp3) is 0.412. The zero-order valence-corrected chi connectivity index (χ0v) is 14.8. The first-order valence-electron chi connectivity index (χ1n) is 8.43. The van der Waals surface area contributed by atoms with Gasteiger partial charge in [-0.1, -0.05) is 17.4 Å². The lowest BCUT2D eigenvalue weighted by Gasteiger charge is -2.18. The molecule has 2 aliphatic rings. The number of anilines is 2. The highest BCUT2D eigenvalue weighted by Gasteiger charge is 2.37. The number of carbonyl (C=O) groups excluding carboxylic acids is 2. The summed E-state index contributed by atoms with van der Waals surface area (Å²) in [4.78, 5) is 25.9. The van der Waals surface area contributed by atoms with E-state index in [2.05, 4.69) is 15.5 Å². The molecule has 2 heterocycles. The molecule has 1 aliphatic heterocycles. The maximum absolute atomic E-state index is 12.9. The molecule has 1 aromatic carbocycles. The number of carbonyl (C=O) groups is 2. The summed E-state index contributed by atoms with van der Waals surface area (Å²) in [6.07, 6.45) is -2.40. The summed E-state index contributed by atoms with van der Waals surface area (Å²) in [6.45, 7) is 0.0280. The van der Waals surface area contributed by atoms with E-state index in [4.69, 9.17) is 0 Å². The van der Waals surface area contributed by atoms with E-state index in [0.29, 0.717) is 11.0 Å². The predicted octanol–water partition coefficient (Wildman–Crippen LogP) is 3.43. The van der Waals surface area contributed by atoms with Crippen LogP contribution in [0.4, 0.5) is 24.0 Å². The van der Waals surface area contributed by atoms with Crippen molar-refractivity contribution in [3.05, 3.63) is 34.8 Å². The first kappa shape index (κ1) is 17.9. The molecule has 6 nitrogen and oxygen atoms in total. The molecule has 27 heavy (non-hydrogen) atoms. The predicted molar refractivity (Wildman–Crippen MR) is 92.4 cm³/mol. The topological polar surface area (TPSA) is 75.2 Å². The Labute approximate surface area is 156 Å². The molecular formula is C17H15F3N4O2S. The standard InChI is InChI=1S/C17H15F3N4O2S/c18-17(19,20)11-2-1-3-12(7-11)24-8-10(6-13(24)25)14(26)21-16-23-22-15(27-16)9-4-5-9/h1-3,7,9-10H,4-6,8H2,(H,21,23,26)/t10-/m1/s1. The first-order valence-corrected chi connectivity index (χ1v) is 9.25. The van der Waals surface area contributed by atoms with Gasteiger partial charge in [0.25, 0.3) is 0 Å². The molecule has 10 heteroatoms. The normalized spacial score (nSPS) is 20.2. The molecule has 1 saturated carbocycles. The number of hydrogen-bond acceptors (Lipinski definition) is 5. The van der Waals surface area contributed by atoms with E-state index in [-0.39, 0.29) is 30.5 Å². The molecule has 1 N–H and O–H groups in total. The van der Waals surface area contributed by atoms with Gasteiger partial charge < -0.3 is 10.2 Å². The first-order chi connectivity index (χ1) is 12.8. The molecule has 4 rings (SSSR count). The van der Waals surface area contributed by atoms with Gasteiger partial charge >= 0.3 is 6.18 Å². The minimum atomic E-state index is -4.49. The van der Waals surface area contributed by atoms with Crippen molar-refractivity contribution in [2.45, 2.75) is 31.4 Å². The molecule has 0 spiro atoms. The molecule has 142 valence electrons. The number of hydrogen-bond donors (Lipinski definition) is 1. The zero-order valence-electron chi connectivity index (χ0n) is 14.0. The van der Waals surface area contributed by atoms with Crippen molar-refractivity contribution in [1.82, 2.24) is 10.2 Å². The van der Waals surface area contributed by atoms with Crippen LogP contribution in [0.15, 0.2) is 24.3 Å². The number of benzene rings is 1. The number of aromatic nitrogens is 2. The Bertz CT molecular complexity index is 894. The summed E-state index contributed by atoms with van der Waals surface area (Å²) in [5.74, 6) is -0.986. The average molecular weight is 396 g/mol. The number of nitrogens with one attached hydrogen (secondary N) is 1. The van der Waals surface area contributed by atoms with Crippen LogP contribution in [0.2, 0.25) is 0 Å². The fourth-order valence-corrected chi connectivity index (χ4v) is 3.89. The summed E-state index contributed by atoms with van der Waals surface area (Å²) in [6, 6.07) is 4.55. The van der Waals surface area contributed by atoms with E-state index in [0.717, 1.165) is 30.0 Å². The van der Waals surface area contributed by atoms with Gasteiger partial charge in [0.2, 0.25) is 16.9 Å². The zero-order chi connectivity index (χ0) is 19.2. The summed E-state index contributed by atoms with van der Waals surface area (Å²) < 4.78 is 38.6. The lowest BCUT2D eigenvalue weighted by atomic mass is 10.1. The molecular weight excluding hydrogens is 381 g/mol. The minimum Gasteiger partial charge on any atom is -0.312 e. The smallest absolute Gasteiger partial charge is 0.312 e. The molecule has 1 aliphatic carbocycles. The monoisotopic (exact) mass is 396 g/mol. The number of alkyl halides is 3. The second-order valence-electron chi connectivity index (χ2n) is 6.66. The van der Waals surface area contributed by atoms with Crippen LogP contribution in [-0.4, -0.2) is 28.6 Å². The number of rotatable bonds is 4. The van der Waals surface area contributed by atoms with Crippen LogP contribution in [-0.2, 0) is 15.8 Å². The van der Waals surface area contributed by atoms with E-state index >= 15 is 0 Å². The largest absolute Gasteiger partial charge is 0.416 e. The third-order valence-corrected chi connectivity index (χ3v) is 5.58. The van der Waals surface area contributed by atoms with Crippen molar-refractivity contribution in [3.8, 4) is 0 Å². The van der Waals surface area contributed by atoms with Gasteiger partial charge in [-0.15, -0.1) is 10.2 Å². The van der Waals surface area contributed by atoms with Crippen molar-refractivity contribution in [2.24, 2.45) is 5.92 Å². The van der Waals surface area contributed by atoms with E-state index < -0.39 is 17.7 Å². The van der Waals surface area contributed by atoms with Crippen molar-refractivity contribution in [3.63, 3.8) is 0 Å². The van der Waals surface area contributed by atoms with Crippen LogP contribution in [0.3, 0.4) is 0 Å². The summed E-state index contributed by atoms with van der Waals surface area (Å²) in [7, 11) is 0. The maximum Gasteiger partial charge on any atom is 0.416 e. The number of nitrogens with zero attached hydrogens (tertiary/aromatic N) is 3. The van der Waals surface area contributed by atoms with E-state index in [1.807, 2.05) is 0 Å². The van der Waals surface area contributed by atoms with Crippen LogP contribution >= 0.6 is 11.3 Å². The van der Waals surface area contributed by atoms with Gasteiger partial charge in [-0.25, -0.2) is 0 Å². The van der Waals surface area contributed by atoms with E-state index in [1.165, 1.54) is 28.4 Å². The fourth-order valence-electron chi connectivity index (χ4n) is 2.97. The third kappa shape index (κ3) is 3.80. The van der Waals surface area contributed by atoms with Crippen LogP contribution in [0.5, 0.6) is 0 Å². The van der Waals surface area contributed by atoms with Gasteiger partial charge in [-0.2, -0.15) is 13.2 Å². The lowest BCUT2D eigenvalue weighted by Crippen LogP contribution is -2.28. The molecule has 2 amide bonds. The van der Waals surface area contributed by atoms with Crippen LogP contribution < -0.4 is 10.2 Å². The molecule has 1 atom stereocenters. The van der Waals surface area contributed by atoms with Gasteiger partial charge in [0.05, 0.1) is 11.5 Å². The van der Waals surface area contributed by atoms with Crippen molar-refractivity contribution in [2.75, 3.05) is 16.8 Å². The molecule has 2 aromatic rings. The van der Waals surface area contributed by atoms with Crippen LogP contribution in [0.1, 0.15) is 35.8 Å². The Morgan fingerprint density at radius 1 is 1.26 bits per heavy atom. The van der Waals surface area contributed by atoms with Gasteiger partial charge in [0, 0.05) is 24.6 Å². The highest BCUT2D eigenvalue weighted by Crippen LogP contribution is 2.42. The third-order valence-electron chi connectivity index (χ3n) is 4.58. The highest BCUT2D eigenvalue weighted by atomic mass is 32.1. The van der Waals surface area contributed by atoms with Crippen molar-refractivity contribution >= 4 is 34.0 Å². The molecule has 0 unspecified atom stereocenters. The minimum absolute atomic E-state index is 0.0280. The second-order valence-corrected chi connectivity index (χ2v) is 7.67. The van der Waals surface area contributed by atoms with E-state index in [9.17, 15) is 22.8 Å². The Morgan fingerprint density at radius 3 is 2.74 bits per heavy atom. The van der Waals surface area contributed by atoms with E-state index in [1.54, 1.807) is 0 Å². The quantitative estimate of drug-likeness (QED) is 0.859. The maximum atomic E-state index is 12.9. The Hall–Kier alpha value is -2.49. The van der Waals surface area contributed by atoms with Crippen LogP contribution in [0, 0.1) is 5.92 Å². The molecule has 2 fully saturated rings. The molecule has 1 aromatic heterocycles. The Balaban J connectivity index is 1.44. The number of amides is 2.